The molecule has 0 radical (unpaired) electrons. The molecule has 8 nitrogen and oxygen atoms in total. The number of nitrogens with zero attached hydrogens (tertiary/aromatic N) is 1. The molecule has 2 rings (SSSR count). The lowest BCUT2D eigenvalue weighted by Crippen LogP contribution is -2.56. The van der Waals surface area contributed by atoms with Crippen molar-refractivity contribution >= 4 is 18.2 Å². The van der Waals surface area contributed by atoms with Gasteiger partial charge in [0.1, 0.15) is 6.61 Å². The molecular weight excluding hydrogens is 350 g/mol. The Labute approximate surface area is 159 Å². The quantitative estimate of drug-likeness (QED) is 0.237. The van der Waals surface area contributed by atoms with E-state index in [1.165, 1.54) is 0 Å². The predicted octanol–water partition coefficient (Wildman–Crippen LogP) is -0.147. The second-order valence-electron chi connectivity index (χ2n) is 6.38. The Hall–Kier alpha value is -2.29. The maximum Gasteiger partial charge on any atom is 0.331 e. The Kier molecular flexibility index (Phi) is 8.90. The molecule has 1 aliphatic heterocycles. The smallest absolute Gasteiger partial charge is 0.331 e. The van der Waals surface area contributed by atoms with Crippen LogP contribution in [0, 0.1) is 0 Å². The highest BCUT2D eigenvalue weighted by molar-refractivity contribution is 6.05. The first-order valence-corrected chi connectivity index (χ1v) is 9.13. The first-order valence-electron chi connectivity index (χ1n) is 9.13. The molecule has 1 aromatic carbocycles. The molecule has 0 saturated carbocycles. The summed E-state index contributed by atoms with van der Waals surface area (Å²) < 4.78 is 9.91. The third kappa shape index (κ3) is 6.74. The molecule has 0 aliphatic carbocycles. The Bertz CT molecular complexity index is 605. The molecule has 1 fully saturated rings. The minimum Gasteiger partial charge on any atom is -0.468 e. The molecule has 1 aromatic rings. The Morgan fingerprint density at radius 2 is 1.93 bits per heavy atom. The van der Waals surface area contributed by atoms with Crippen LogP contribution in [-0.2, 0) is 30.5 Å². The molecule has 0 spiro atoms. The van der Waals surface area contributed by atoms with Crippen molar-refractivity contribution in [2.75, 3.05) is 32.8 Å². The minimum absolute atomic E-state index is 0.0755. The van der Waals surface area contributed by atoms with Gasteiger partial charge in [0.25, 0.3) is 6.47 Å². The minimum atomic E-state index is -1.33. The summed E-state index contributed by atoms with van der Waals surface area (Å²) in [6.45, 7) is 3.60. The van der Waals surface area contributed by atoms with Crippen LogP contribution in [0.15, 0.2) is 30.3 Å². The summed E-state index contributed by atoms with van der Waals surface area (Å²) in [5.74, 6) is -1.09. The normalized spacial score (nSPS) is 16.9. The number of Topliss-reactive ketones (excluding diaryl/α,β-unsaturated/α-hetero) is 1. The zero-order valence-corrected chi connectivity index (χ0v) is 15.3. The Morgan fingerprint density at radius 1 is 1.22 bits per heavy atom. The number of ketones is 1. The highest BCUT2D eigenvalue weighted by atomic mass is 16.5. The van der Waals surface area contributed by atoms with Gasteiger partial charge in [-0.05, 0) is 18.4 Å². The predicted molar refractivity (Wildman–Crippen MR) is 98.7 cm³/mol. The van der Waals surface area contributed by atoms with Crippen LogP contribution in [0.2, 0.25) is 0 Å². The van der Waals surface area contributed by atoms with E-state index in [2.05, 4.69) is 5.32 Å². The van der Waals surface area contributed by atoms with Gasteiger partial charge in [-0.1, -0.05) is 30.3 Å². The summed E-state index contributed by atoms with van der Waals surface area (Å²) in [4.78, 5) is 37.4. The lowest BCUT2D eigenvalue weighted by molar-refractivity contribution is -0.150. The fourth-order valence-corrected chi connectivity index (χ4v) is 3.05. The van der Waals surface area contributed by atoms with Gasteiger partial charge in [-0.2, -0.15) is 0 Å². The molecule has 0 aromatic heterocycles. The third-order valence-corrected chi connectivity index (χ3v) is 4.51. The van der Waals surface area contributed by atoms with Crippen LogP contribution in [0.25, 0.3) is 0 Å². The number of carbonyl (C=O) groups is 3. The number of nitrogens with two attached hydrogens (primary N) is 1. The zero-order chi connectivity index (χ0) is 19.5. The van der Waals surface area contributed by atoms with Crippen molar-refractivity contribution in [1.82, 2.24) is 10.2 Å². The highest BCUT2D eigenvalue weighted by Gasteiger charge is 2.34. The van der Waals surface area contributed by atoms with E-state index in [-0.39, 0.29) is 19.0 Å². The number of piperazine rings is 1. The average Bonchev–Trinajstić information content (AvgIpc) is 2.72. The van der Waals surface area contributed by atoms with Gasteiger partial charge >= 0.3 is 5.97 Å². The van der Waals surface area contributed by atoms with Crippen molar-refractivity contribution < 1.29 is 23.9 Å². The summed E-state index contributed by atoms with van der Waals surface area (Å²) in [5, 5.41) is 3.23. The topological polar surface area (TPSA) is 111 Å². The van der Waals surface area contributed by atoms with E-state index < -0.39 is 18.1 Å². The van der Waals surface area contributed by atoms with E-state index in [4.69, 9.17) is 15.2 Å². The monoisotopic (exact) mass is 377 g/mol. The lowest BCUT2D eigenvalue weighted by atomic mass is 9.99. The second kappa shape index (κ2) is 11.4. The van der Waals surface area contributed by atoms with Gasteiger partial charge in [-0.15, -0.1) is 0 Å². The average molecular weight is 377 g/mol. The molecule has 1 saturated heterocycles. The first-order chi connectivity index (χ1) is 13.1. The van der Waals surface area contributed by atoms with Crippen LogP contribution in [0.3, 0.4) is 0 Å². The third-order valence-electron chi connectivity index (χ3n) is 4.51. The number of hydrogen-bond acceptors (Lipinski definition) is 8. The highest BCUT2D eigenvalue weighted by Crippen LogP contribution is 2.13. The van der Waals surface area contributed by atoms with Crippen molar-refractivity contribution in [1.29, 1.82) is 0 Å². The van der Waals surface area contributed by atoms with Gasteiger partial charge in [-0.25, -0.2) is 4.79 Å². The Balaban J connectivity index is 1.93. The maximum absolute atomic E-state index is 12.9. The Morgan fingerprint density at radius 3 is 2.59 bits per heavy atom. The molecule has 3 N–H and O–H groups in total. The van der Waals surface area contributed by atoms with E-state index in [1.54, 1.807) is 0 Å². The van der Waals surface area contributed by atoms with Crippen LogP contribution in [0.4, 0.5) is 0 Å². The molecule has 148 valence electrons. The SMILES string of the molecule is NC(C(=O)OCc1ccccc1)C(=O)C(CCCOC=O)N1CCNCC1. The van der Waals surface area contributed by atoms with Crippen molar-refractivity contribution in [3.8, 4) is 0 Å². The molecule has 0 bridgehead atoms. The number of rotatable bonds is 11. The van der Waals surface area contributed by atoms with E-state index in [9.17, 15) is 14.4 Å². The van der Waals surface area contributed by atoms with Gasteiger partial charge in [0.05, 0.1) is 12.6 Å². The van der Waals surface area contributed by atoms with Gasteiger partial charge in [0.15, 0.2) is 11.8 Å². The van der Waals surface area contributed by atoms with Crippen LogP contribution >= 0.6 is 0 Å². The van der Waals surface area contributed by atoms with E-state index in [0.29, 0.717) is 32.4 Å². The number of esters is 1. The maximum atomic E-state index is 12.9. The zero-order valence-electron chi connectivity index (χ0n) is 15.3. The fourth-order valence-electron chi connectivity index (χ4n) is 3.05. The molecule has 1 aliphatic rings. The summed E-state index contributed by atoms with van der Waals surface area (Å²) in [7, 11) is 0. The van der Waals surface area contributed by atoms with Crippen molar-refractivity contribution in [3.05, 3.63) is 35.9 Å². The fraction of sp³-hybridized carbons (Fsp3) is 0.526. The van der Waals surface area contributed by atoms with Gasteiger partial charge < -0.3 is 20.5 Å². The van der Waals surface area contributed by atoms with Crippen molar-refractivity contribution in [2.24, 2.45) is 5.73 Å². The van der Waals surface area contributed by atoms with Crippen LogP contribution in [0.5, 0.6) is 0 Å². The largest absolute Gasteiger partial charge is 0.468 e. The molecular formula is C19H27N3O5. The molecule has 8 heteroatoms. The first kappa shape index (κ1) is 21.0. The van der Waals surface area contributed by atoms with Gasteiger partial charge in [0, 0.05) is 26.2 Å². The van der Waals surface area contributed by atoms with E-state index in [0.717, 1.165) is 18.7 Å². The lowest BCUT2D eigenvalue weighted by Gasteiger charge is -2.34. The number of ether oxygens (including phenoxy) is 2. The second-order valence-corrected chi connectivity index (χ2v) is 6.38. The number of hydrogen-bond donors (Lipinski definition) is 2. The standard InChI is InChI=1S/C19H27N3O5/c20-17(19(25)27-13-15-5-2-1-3-6-15)18(24)16(7-4-12-26-14-23)22-10-8-21-9-11-22/h1-3,5-6,14,16-17,21H,4,7-13,20H2. The molecule has 27 heavy (non-hydrogen) atoms. The molecule has 2 atom stereocenters. The summed E-state index contributed by atoms with van der Waals surface area (Å²) >= 11 is 0. The molecule has 0 amide bonds. The van der Waals surface area contributed by atoms with E-state index in [1.807, 2.05) is 35.2 Å². The summed E-state index contributed by atoms with van der Waals surface area (Å²) in [6, 6.07) is 7.38. The number of carbonyl (C=O) groups excluding carboxylic acids is 3. The molecule has 2 unspecified atom stereocenters. The van der Waals surface area contributed by atoms with Crippen molar-refractivity contribution in [2.45, 2.75) is 31.5 Å². The summed E-state index contributed by atoms with van der Waals surface area (Å²) in [5.41, 5.74) is 6.74. The number of nitrogens with one attached hydrogen (secondary N) is 1. The van der Waals surface area contributed by atoms with Crippen LogP contribution < -0.4 is 11.1 Å². The molecule has 1 heterocycles. The van der Waals surface area contributed by atoms with E-state index >= 15 is 0 Å². The van der Waals surface area contributed by atoms with Gasteiger partial charge in [-0.3, -0.25) is 14.5 Å². The number of benzene rings is 1. The van der Waals surface area contributed by atoms with Crippen LogP contribution in [-0.4, -0.2) is 68.0 Å². The van der Waals surface area contributed by atoms with Gasteiger partial charge in [0.2, 0.25) is 0 Å². The van der Waals surface area contributed by atoms with Crippen molar-refractivity contribution in [3.63, 3.8) is 0 Å². The summed E-state index contributed by atoms with van der Waals surface area (Å²) in [6.07, 6.45) is 0.983. The van der Waals surface area contributed by atoms with Crippen LogP contribution in [0.1, 0.15) is 18.4 Å².